The van der Waals surface area contributed by atoms with Crippen LogP contribution >= 0.6 is 10.7 Å². The molecular weight excluding hydrogens is 214 g/mol. The number of ether oxygens (including phenoxy) is 1. The van der Waals surface area contributed by atoms with Gasteiger partial charge in [-0.15, -0.1) is 0 Å². The predicted octanol–water partition coefficient (Wildman–Crippen LogP) is 0.828. The highest BCUT2D eigenvalue weighted by molar-refractivity contribution is 8.11. The van der Waals surface area contributed by atoms with E-state index in [4.69, 9.17) is 15.4 Å². The average Bonchev–Trinajstić information content (AvgIpc) is 2.04. The van der Waals surface area contributed by atoms with Crippen LogP contribution in [-0.4, -0.2) is 39.5 Å². The molecule has 1 heterocycles. The number of hydrogen-bond acceptors (Lipinski definition) is 3. The Labute approximate surface area is 83.4 Å². The maximum Gasteiger partial charge on any atom is 0.299 e. The molecule has 0 aromatic heterocycles. The lowest BCUT2D eigenvalue weighted by atomic mass is 10.0. The normalized spacial score (nSPS) is 26.2. The topological polar surface area (TPSA) is 46.6 Å². The molecule has 1 aliphatic rings. The zero-order valence-electron chi connectivity index (χ0n) is 7.57. The van der Waals surface area contributed by atoms with Gasteiger partial charge in [-0.3, -0.25) is 0 Å². The summed E-state index contributed by atoms with van der Waals surface area (Å²) in [4.78, 5) is 0. The molecular formula is C7H14ClNO3S. The Morgan fingerprint density at radius 3 is 2.85 bits per heavy atom. The summed E-state index contributed by atoms with van der Waals surface area (Å²) >= 11 is 0. The van der Waals surface area contributed by atoms with Gasteiger partial charge in [0.05, 0.1) is 6.61 Å². The summed E-state index contributed by atoms with van der Waals surface area (Å²) in [6.45, 7) is 1.62. The van der Waals surface area contributed by atoms with E-state index in [0.717, 1.165) is 12.8 Å². The van der Waals surface area contributed by atoms with Gasteiger partial charge in [0.1, 0.15) is 0 Å². The Kier molecular flexibility index (Phi) is 3.97. The molecule has 0 bridgehead atoms. The molecule has 6 heteroatoms. The molecule has 0 saturated carbocycles. The van der Waals surface area contributed by atoms with E-state index in [1.807, 2.05) is 0 Å². The van der Waals surface area contributed by atoms with Crippen LogP contribution in [0.5, 0.6) is 0 Å². The smallest absolute Gasteiger partial charge is 0.299 e. The summed E-state index contributed by atoms with van der Waals surface area (Å²) in [5, 5.41) is 0. The maximum absolute atomic E-state index is 11.0. The van der Waals surface area contributed by atoms with Crippen LogP contribution in [0.15, 0.2) is 0 Å². The molecule has 1 rings (SSSR count). The first-order chi connectivity index (χ1) is 6.04. The summed E-state index contributed by atoms with van der Waals surface area (Å²) in [7, 11) is 3.33. The third kappa shape index (κ3) is 3.42. The van der Waals surface area contributed by atoms with Gasteiger partial charge in [-0.2, -0.15) is 12.7 Å². The van der Waals surface area contributed by atoms with Crippen molar-refractivity contribution in [3.8, 4) is 0 Å². The Balaban J connectivity index is 2.52. The van der Waals surface area contributed by atoms with Crippen LogP contribution in [0.4, 0.5) is 0 Å². The fourth-order valence-corrected chi connectivity index (χ4v) is 2.71. The summed E-state index contributed by atoms with van der Waals surface area (Å²) in [5.74, 6) is 0.285. The van der Waals surface area contributed by atoms with Gasteiger partial charge in [0.25, 0.3) is 9.24 Å². The van der Waals surface area contributed by atoms with E-state index in [9.17, 15) is 8.42 Å². The fourth-order valence-electron chi connectivity index (χ4n) is 1.60. The van der Waals surface area contributed by atoms with Gasteiger partial charge in [0.15, 0.2) is 0 Å². The first-order valence-corrected chi connectivity index (χ1v) is 6.49. The molecule has 0 spiro atoms. The lowest BCUT2D eigenvalue weighted by Crippen LogP contribution is -2.38. The van der Waals surface area contributed by atoms with Crippen LogP contribution in [0.3, 0.4) is 0 Å². The SMILES string of the molecule is COC[C@@H]1CCCN(S(=O)(=O)Cl)C1. The van der Waals surface area contributed by atoms with Crippen LogP contribution in [0, 0.1) is 5.92 Å². The van der Waals surface area contributed by atoms with Crippen LogP contribution in [-0.2, 0) is 14.0 Å². The minimum atomic E-state index is -3.53. The van der Waals surface area contributed by atoms with Crippen molar-refractivity contribution in [1.82, 2.24) is 4.31 Å². The second-order valence-electron chi connectivity index (χ2n) is 3.26. The Morgan fingerprint density at radius 2 is 2.31 bits per heavy atom. The van der Waals surface area contributed by atoms with Gasteiger partial charge < -0.3 is 4.74 Å². The third-order valence-electron chi connectivity index (χ3n) is 2.19. The molecule has 4 nitrogen and oxygen atoms in total. The Bertz CT molecular complexity index is 252. The van der Waals surface area contributed by atoms with Crippen LogP contribution in [0.1, 0.15) is 12.8 Å². The van der Waals surface area contributed by atoms with Crippen molar-refractivity contribution < 1.29 is 13.2 Å². The second-order valence-corrected chi connectivity index (χ2v) is 5.77. The lowest BCUT2D eigenvalue weighted by Gasteiger charge is -2.29. The molecule has 1 aliphatic heterocycles. The van der Waals surface area contributed by atoms with Crippen LogP contribution in [0.25, 0.3) is 0 Å². The van der Waals surface area contributed by atoms with Crippen LogP contribution in [0.2, 0.25) is 0 Å². The van der Waals surface area contributed by atoms with Crippen molar-refractivity contribution in [2.45, 2.75) is 12.8 Å². The van der Waals surface area contributed by atoms with Gasteiger partial charge in [0.2, 0.25) is 0 Å². The highest BCUT2D eigenvalue weighted by atomic mass is 35.7. The van der Waals surface area contributed by atoms with E-state index in [1.165, 1.54) is 4.31 Å². The largest absolute Gasteiger partial charge is 0.384 e. The first kappa shape index (κ1) is 11.2. The van der Waals surface area contributed by atoms with Crippen molar-refractivity contribution in [3.05, 3.63) is 0 Å². The Morgan fingerprint density at radius 1 is 1.62 bits per heavy atom. The summed E-state index contributed by atoms with van der Waals surface area (Å²) in [5.41, 5.74) is 0. The highest BCUT2D eigenvalue weighted by Crippen LogP contribution is 2.20. The number of hydrogen-bond donors (Lipinski definition) is 0. The van der Waals surface area contributed by atoms with E-state index in [2.05, 4.69) is 0 Å². The van der Waals surface area contributed by atoms with Crippen molar-refractivity contribution in [1.29, 1.82) is 0 Å². The van der Waals surface area contributed by atoms with Crippen molar-refractivity contribution in [2.24, 2.45) is 5.92 Å². The Hall–Kier alpha value is 0.160. The number of piperidine rings is 1. The molecule has 1 atom stereocenters. The average molecular weight is 228 g/mol. The summed E-state index contributed by atoms with van der Waals surface area (Å²) in [6, 6.07) is 0. The quantitative estimate of drug-likeness (QED) is 0.671. The van der Waals surface area contributed by atoms with E-state index in [0.29, 0.717) is 19.7 Å². The fraction of sp³-hybridized carbons (Fsp3) is 1.00. The monoisotopic (exact) mass is 227 g/mol. The summed E-state index contributed by atoms with van der Waals surface area (Å²) in [6.07, 6.45) is 1.87. The van der Waals surface area contributed by atoms with Crippen molar-refractivity contribution in [2.75, 3.05) is 26.8 Å². The van der Waals surface area contributed by atoms with E-state index in [1.54, 1.807) is 7.11 Å². The second kappa shape index (κ2) is 4.59. The van der Waals surface area contributed by atoms with Gasteiger partial charge in [0, 0.05) is 30.9 Å². The molecule has 0 N–H and O–H groups in total. The van der Waals surface area contributed by atoms with Gasteiger partial charge in [-0.05, 0) is 18.8 Å². The molecule has 0 aromatic rings. The van der Waals surface area contributed by atoms with Crippen molar-refractivity contribution in [3.63, 3.8) is 0 Å². The molecule has 0 radical (unpaired) electrons. The highest BCUT2D eigenvalue weighted by Gasteiger charge is 2.26. The van der Waals surface area contributed by atoms with Gasteiger partial charge in [-0.25, -0.2) is 0 Å². The van der Waals surface area contributed by atoms with E-state index in [-0.39, 0.29) is 5.92 Å². The minimum absolute atomic E-state index is 0.285. The molecule has 0 aliphatic carbocycles. The first-order valence-electron chi connectivity index (χ1n) is 4.22. The molecule has 13 heavy (non-hydrogen) atoms. The van der Waals surface area contributed by atoms with E-state index >= 15 is 0 Å². The number of methoxy groups -OCH3 is 1. The number of rotatable bonds is 3. The molecule has 0 unspecified atom stereocenters. The standard InChI is InChI=1S/C7H14ClNO3S/c1-12-6-7-3-2-4-9(5-7)13(8,10)11/h7H,2-6H2,1H3/t7-/m1/s1. The van der Waals surface area contributed by atoms with E-state index < -0.39 is 9.24 Å². The van der Waals surface area contributed by atoms with Crippen molar-refractivity contribution >= 4 is 19.9 Å². The molecule has 1 fully saturated rings. The molecule has 0 amide bonds. The molecule has 1 saturated heterocycles. The van der Waals surface area contributed by atoms with Crippen LogP contribution < -0.4 is 0 Å². The zero-order chi connectivity index (χ0) is 9.90. The zero-order valence-corrected chi connectivity index (χ0v) is 9.14. The number of nitrogens with zero attached hydrogens (tertiary/aromatic N) is 1. The predicted molar refractivity (Wildman–Crippen MR) is 50.9 cm³/mol. The summed E-state index contributed by atoms with van der Waals surface area (Å²) < 4.78 is 28.3. The third-order valence-corrected chi connectivity index (χ3v) is 3.73. The maximum atomic E-state index is 11.0. The van der Waals surface area contributed by atoms with Gasteiger partial charge in [-0.1, -0.05) is 0 Å². The lowest BCUT2D eigenvalue weighted by molar-refractivity contribution is 0.119. The minimum Gasteiger partial charge on any atom is -0.384 e. The van der Waals surface area contributed by atoms with Gasteiger partial charge >= 0.3 is 0 Å². The number of halogens is 1. The molecule has 78 valence electrons. The molecule has 0 aromatic carbocycles.